The third-order valence-electron chi connectivity index (χ3n) is 2.57. The number of halogens is 1. The van der Waals surface area contributed by atoms with Gasteiger partial charge in [-0.2, -0.15) is 0 Å². The predicted octanol–water partition coefficient (Wildman–Crippen LogP) is 1.20. The molecule has 4 nitrogen and oxygen atoms in total. The van der Waals surface area contributed by atoms with E-state index in [9.17, 15) is 4.79 Å². The van der Waals surface area contributed by atoms with Crippen molar-refractivity contribution in [1.29, 1.82) is 0 Å². The number of nitrogens with zero attached hydrogens (tertiary/aromatic N) is 1. The summed E-state index contributed by atoms with van der Waals surface area (Å²) >= 11 is 2.25. The van der Waals surface area contributed by atoms with Crippen molar-refractivity contribution < 1.29 is 4.79 Å². The molecule has 0 bridgehead atoms. The number of hydrogen-bond donors (Lipinski definition) is 2. The summed E-state index contributed by atoms with van der Waals surface area (Å²) in [6.45, 7) is 2.10. The first-order valence-corrected chi connectivity index (χ1v) is 6.31. The maximum Gasteiger partial charge on any atom is 0.239 e. The lowest BCUT2D eigenvalue weighted by atomic mass is 10.2. The molecule has 1 aliphatic heterocycles. The Morgan fingerprint density at radius 2 is 2.25 bits per heavy atom. The summed E-state index contributed by atoms with van der Waals surface area (Å²) in [7, 11) is 0. The fourth-order valence-corrected chi connectivity index (χ4v) is 2.67. The molecule has 1 saturated heterocycles. The molecule has 5 heteroatoms. The van der Waals surface area contributed by atoms with Gasteiger partial charge in [-0.3, -0.25) is 4.79 Å². The Morgan fingerprint density at radius 1 is 1.44 bits per heavy atom. The van der Waals surface area contributed by atoms with Gasteiger partial charge in [-0.1, -0.05) is 0 Å². The maximum absolute atomic E-state index is 11.5. The quantitative estimate of drug-likeness (QED) is 0.601. The van der Waals surface area contributed by atoms with E-state index in [0.717, 1.165) is 34.5 Å². The highest BCUT2D eigenvalue weighted by atomic mass is 127. The van der Waals surface area contributed by atoms with Gasteiger partial charge in [0.2, 0.25) is 5.91 Å². The summed E-state index contributed by atoms with van der Waals surface area (Å²) < 4.78 is 1.09. The van der Waals surface area contributed by atoms with E-state index in [1.165, 1.54) is 0 Å². The first kappa shape index (κ1) is 11.5. The Bertz CT molecular complexity index is 408. The van der Waals surface area contributed by atoms with Crippen molar-refractivity contribution in [3.8, 4) is 0 Å². The minimum absolute atomic E-state index is 0.0881. The second-order valence-electron chi connectivity index (χ2n) is 3.84. The summed E-state index contributed by atoms with van der Waals surface area (Å²) in [5.74, 6) is 0.0881. The van der Waals surface area contributed by atoms with Crippen molar-refractivity contribution in [3.05, 3.63) is 21.8 Å². The summed E-state index contributed by atoms with van der Waals surface area (Å²) in [6, 6.07) is 5.79. The zero-order chi connectivity index (χ0) is 11.5. The smallest absolute Gasteiger partial charge is 0.239 e. The zero-order valence-electron chi connectivity index (χ0n) is 8.87. The fraction of sp³-hybridized carbons (Fsp3) is 0.364. The highest BCUT2D eigenvalue weighted by Crippen LogP contribution is 2.25. The normalized spacial score (nSPS) is 16.8. The number of nitrogens with two attached hydrogens (primary N) is 1. The lowest BCUT2D eigenvalue weighted by Crippen LogP contribution is -2.33. The van der Waals surface area contributed by atoms with Crippen LogP contribution in [0.25, 0.3) is 0 Å². The van der Waals surface area contributed by atoms with E-state index >= 15 is 0 Å². The van der Waals surface area contributed by atoms with E-state index in [2.05, 4.69) is 32.8 Å². The Morgan fingerprint density at radius 3 is 3.00 bits per heavy atom. The molecule has 1 aliphatic rings. The van der Waals surface area contributed by atoms with Crippen molar-refractivity contribution in [2.75, 3.05) is 30.3 Å². The molecule has 16 heavy (non-hydrogen) atoms. The van der Waals surface area contributed by atoms with Crippen LogP contribution in [0.3, 0.4) is 0 Å². The minimum Gasteiger partial charge on any atom is -0.399 e. The molecule has 0 spiro atoms. The van der Waals surface area contributed by atoms with Gasteiger partial charge in [0, 0.05) is 22.3 Å². The average molecular weight is 331 g/mol. The standard InChI is InChI=1S/C11H14IN3O/c12-9-6-8(13)2-3-10(9)15-5-1-4-14-11(16)7-15/h2-3,6H,1,4-5,7,13H2,(H,14,16). The van der Waals surface area contributed by atoms with Gasteiger partial charge in [0.25, 0.3) is 0 Å². The van der Waals surface area contributed by atoms with E-state index in [0.29, 0.717) is 6.54 Å². The number of amides is 1. The number of anilines is 2. The lowest BCUT2D eigenvalue weighted by Gasteiger charge is -2.22. The van der Waals surface area contributed by atoms with Crippen molar-refractivity contribution in [2.45, 2.75) is 6.42 Å². The largest absolute Gasteiger partial charge is 0.399 e. The first-order chi connectivity index (χ1) is 7.66. The molecule has 0 aromatic heterocycles. The lowest BCUT2D eigenvalue weighted by molar-refractivity contribution is -0.119. The van der Waals surface area contributed by atoms with Crippen LogP contribution in [0.1, 0.15) is 6.42 Å². The molecule has 1 heterocycles. The number of benzene rings is 1. The van der Waals surface area contributed by atoms with E-state index in [-0.39, 0.29) is 5.91 Å². The molecule has 0 aliphatic carbocycles. The molecule has 86 valence electrons. The summed E-state index contributed by atoms with van der Waals surface area (Å²) in [4.78, 5) is 13.6. The molecule has 0 radical (unpaired) electrons. The second-order valence-corrected chi connectivity index (χ2v) is 5.00. The molecule has 1 amide bonds. The van der Waals surface area contributed by atoms with Crippen LogP contribution in [-0.4, -0.2) is 25.5 Å². The number of hydrogen-bond acceptors (Lipinski definition) is 3. The third-order valence-corrected chi connectivity index (χ3v) is 3.44. The SMILES string of the molecule is Nc1ccc(N2CCCNC(=O)C2)c(I)c1. The van der Waals surface area contributed by atoms with E-state index in [1.807, 2.05) is 18.2 Å². The number of nitrogens with one attached hydrogen (secondary N) is 1. The third kappa shape index (κ3) is 2.58. The topological polar surface area (TPSA) is 58.4 Å². The van der Waals surface area contributed by atoms with Gasteiger partial charge in [0.05, 0.1) is 12.2 Å². The van der Waals surface area contributed by atoms with Gasteiger partial charge in [-0.05, 0) is 47.2 Å². The Balaban J connectivity index is 2.24. The zero-order valence-corrected chi connectivity index (χ0v) is 11.0. The van der Waals surface area contributed by atoms with Gasteiger partial charge >= 0.3 is 0 Å². The van der Waals surface area contributed by atoms with Crippen LogP contribution in [0.2, 0.25) is 0 Å². The minimum atomic E-state index is 0.0881. The van der Waals surface area contributed by atoms with Gasteiger partial charge in [-0.15, -0.1) is 0 Å². The van der Waals surface area contributed by atoms with E-state index in [4.69, 9.17) is 5.73 Å². The van der Waals surface area contributed by atoms with Crippen LogP contribution in [0, 0.1) is 3.57 Å². The number of rotatable bonds is 1. The molecule has 1 aromatic carbocycles. The average Bonchev–Trinajstić information content (AvgIpc) is 2.43. The Labute approximate surface area is 108 Å². The molecule has 1 fully saturated rings. The monoisotopic (exact) mass is 331 g/mol. The van der Waals surface area contributed by atoms with Crippen LogP contribution in [0.4, 0.5) is 11.4 Å². The van der Waals surface area contributed by atoms with Crippen LogP contribution in [0.5, 0.6) is 0 Å². The fourth-order valence-electron chi connectivity index (χ4n) is 1.79. The van der Waals surface area contributed by atoms with E-state index in [1.54, 1.807) is 0 Å². The van der Waals surface area contributed by atoms with Crippen LogP contribution < -0.4 is 16.0 Å². The van der Waals surface area contributed by atoms with Crippen LogP contribution in [0.15, 0.2) is 18.2 Å². The predicted molar refractivity (Wildman–Crippen MR) is 73.4 cm³/mol. The van der Waals surface area contributed by atoms with Gasteiger partial charge in [0.1, 0.15) is 0 Å². The summed E-state index contributed by atoms with van der Waals surface area (Å²) in [5.41, 5.74) is 7.56. The van der Waals surface area contributed by atoms with Crippen LogP contribution >= 0.6 is 22.6 Å². The molecule has 3 N–H and O–H groups in total. The van der Waals surface area contributed by atoms with Gasteiger partial charge < -0.3 is 16.0 Å². The van der Waals surface area contributed by atoms with Crippen molar-refractivity contribution in [1.82, 2.24) is 5.32 Å². The second kappa shape index (κ2) is 4.90. The summed E-state index contributed by atoms with van der Waals surface area (Å²) in [5, 5.41) is 2.87. The number of carbonyl (C=O) groups is 1. The summed E-state index contributed by atoms with van der Waals surface area (Å²) in [6.07, 6.45) is 0.978. The molecule has 0 unspecified atom stereocenters. The molecule has 0 atom stereocenters. The number of nitrogen functional groups attached to an aromatic ring is 1. The van der Waals surface area contributed by atoms with Crippen LogP contribution in [-0.2, 0) is 4.79 Å². The van der Waals surface area contributed by atoms with Crippen molar-refractivity contribution in [3.63, 3.8) is 0 Å². The first-order valence-electron chi connectivity index (χ1n) is 5.23. The van der Waals surface area contributed by atoms with Gasteiger partial charge in [-0.25, -0.2) is 0 Å². The van der Waals surface area contributed by atoms with Crippen molar-refractivity contribution >= 4 is 39.9 Å². The van der Waals surface area contributed by atoms with E-state index < -0.39 is 0 Å². The highest BCUT2D eigenvalue weighted by molar-refractivity contribution is 14.1. The Kier molecular flexibility index (Phi) is 3.52. The molecule has 0 saturated carbocycles. The molecule has 1 aromatic rings. The molecule has 2 rings (SSSR count). The maximum atomic E-state index is 11.5. The van der Waals surface area contributed by atoms with Gasteiger partial charge in [0.15, 0.2) is 0 Å². The molecular formula is C11H14IN3O. The highest BCUT2D eigenvalue weighted by Gasteiger charge is 2.16. The van der Waals surface area contributed by atoms with Crippen molar-refractivity contribution in [2.24, 2.45) is 0 Å². The molecular weight excluding hydrogens is 317 g/mol. The Hall–Kier alpha value is -0.980. The number of carbonyl (C=O) groups excluding carboxylic acids is 1.